The number of hydrogen-bond acceptors (Lipinski definition) is 4. The number of rotatable bonds is 6. The van der Waals surface area contributed by atoms with E-state index >= 15 is 0 Å². The Bertz CT molecular complexity index is 1130. The molecule has 0 unspecified atom stereocenters. The van der Waals surface area contributed by atoms with Gasteiger partial charge in [-0.2, -0.15) is 0 Å². The topological polar surface area (TPSA) is 46.6 Å². The van der Waals surface area contributed by atoms with Crippen molar-refractivity contribution in [1.82, 2.24) is 4.90 Å². The number of carbonyl (C=O) groups is 2. The van der Waals surface area contributed by atoms with Crippen LogP contribution in [0.15, 0.2) is 77.7 Å². The highest BCUT2D eigenvalue weighted by Gasteiger charge is 2.34. The standard InChI is InChI=1S/C26H23NO3S/c1-18-6-10-20(11-7-18)16-27-25(28)24(31-26(27)29)15-22-4-3-5-23(14-22)30-17-21-12-8-19(2)9-13-21/h3-15H,16-17H2,1-2H3/b24-15-. The minimum atomic E-state index is -0.262. The molecule has 1 fully saturated rings. The minimum Gasteiger partial charge on any atom is -0.489 e. The van der Waals surface area contributed by atoms with Gasteiger partial charge in [-0.05, 0) is 60.5 Å². The van der Waals surface area contributed by atoms with Gasteiger partial charge in [0.1, 0.15) is 12.4 Å². The van der Waals surface area contributed by atoms with Gasteiger partial charge in [-0.25, -0.2) is 0 Å². The van der Waals surface area contributed by atoms with E-state index in [0.717, 1.165) is 34.0 Å². The fourth-order valence-corrected chi connectivity index (χ4v) is 4.05. The molecule has 5 heteroatoms. The Morgan fingerprint density at radius 3 is 2.19 bits per heavy atom. The van der Waals surface area contributed by atoms with Gasteiger partial charge in [0.05, 0.1) is 11.4 Å². The predicted molar refractivity (Wildman–Crippen MR) is 125 cm³/mol. The maximum Gasteiger partial charge on any atom is 0.293 e. The Morgan fingerprint density at radius 2 is 1.52 bits per heavy atom. The smallest absolute Gasteiger partial charge is 0.293 e. The van der Waals surface area contributed by atoms with Crippen LogP contribution in [0, 0.1) is 13.8 Å². The Hall–Kier alpha value is -3.31. The Balaban J connectivity index is 1.44. The van der Waals surface area contributed by atoms with E-state index in [-0.39, 0.29) is 17.7 Å². The lowest BCUT2D eigenvalue weighted by Crippen LogP contribution is -2.27. The van der Waals surface area contributed by atoms with Crippen LogP contribution in [0.3, 0.4) is 0 Å². The van der Waals surface area contributed by atoms with E-state index < -0.39 is 0 Å². The van der Waals surface area contributed by atoms with Gasteiger partial charge in [0.25, 0.3) is 11.1 Å². The molecule has 4 nitrogen and oxygen atoms in total. The summed E-state index contributed by atoms with van der Waals surface area (Å²) in [6.07, 6.45) is 1.75. The molecule has 1 heterocycles. The van der Waals surface area contributed by atoms with Crippen molar-refractivity contribution in [3.8, 4) is 5.75 Å². The number of ether oxygens (including phenoxy) is 1. The normalized spacial score (nSPS) is 15.0. The number of imide groups is 1. The Kier molecular flexibility index (Phi) is 6.23. The van der Waals surface area contributed by atoms with Crippen LogP contribution in [0.4, 0.5) is 4.79 Å². The molecular weight excluding hydrogens is 406 g/mol. The molecular formula is C26H23NO3S. The number of thioether (sulfide) groups is 1. The molecule has 156 valence electrons. The van der Waals surface area contributed by atoms with Crippen molar-refractivity contribution in [3.63, 3.8) is 0 Å². The molecule has 0 saturated carbocycles. The van der Waals surface area contributed by atoms with Gasteiger partial charge in [0, 0.05) is 0 Å². The summed E-state index contributed by atoms with van der Waals surface area (Å²) in [5, 5.41) is -0.247. The lowest BCUT2D eigenvalue weighted by Gasteiger charge is -2.12. The van der Waals surface area contributed by atoms with Gasteiger partial charge in [0.2, 0.25) is 0 Å². The van der Waals surface area contributed by atoms with Crippen LogP contribution in [-0.2, 0) is 17.9 Å². The summed E-state index contributed by atoms with van der Waals surface area (Å²) < 4.78 is 5.90. The first-order valence-corrected chi connectivity index (χ1v) is 10.9. The second kappa shape index (κ2) is 9.23. The molecule has 1 aliphatic rings. The Morgan fingerprint density at radius 1 is 0.871 bits per heavy atom. The zero-order chi connectivity index (χ0) is 21.8. The van der Waals surface area contributed by atoms with E-state index in [4.69, 9.17) is 4.74 Å². The summed E-state index contributed by atoms with van der Waals surface area (Å²) in [5.74, 6) is 0.453. The van der Waals surface area contributed by atoms with Crippen LogP contribution in [-0.4, -0.2) is 16.0 Å². The quantitative estimate of drug-likeness (QED) is 0.443. The second-order valence-corrected chi connectivity index (χ2v) is 8.59. The summed E-state index contributed by atoms with van der Waals surface area (Å²) in [6, 6.07) is 23.6. The van der Waals surface area contributed by atoms with Crippen molar-refractivity contribution in [2.24, 2.45) is 0 Å². The first kappa shape index (κ1) is 20.9. The summed E-state index contributed by atoms with van der Waals surface area (Å²) in [6.45, 7) is 4.81. The third-order valence-electron chi connectivity index (χ3n) is 5.02. The molecule has 0 spiro atoms. The minimum absolute atomic E-state index is 0.247. The predicted octanol–water partition coefficient (Wildman–Crippen LogP) is 6.12. The molecule has 0 N–H and O–H groups in total. The second-order valence-electron chi connectivity index (χ2n) is 7.60. The maximum absolute atomic E-state index is 12.8. The van der Waals surface area contributed by atoms with Gasteiger partial charge in [-0.3, -0.25) is 14.5 Å². The lowest BCUT2D eigenvalue weighted by atomic mass is 10.1. The number of benzene rings is 3. The van der Waals surface area contributed by atoms with Crippen molar-refractivity contribution in [2.75, 3.05) is 0 Å². The SMILES string of the molecule is Cc1ccc(COc2cccc(/C=C3\SC(=O)N(Cc4ccc(C)cc4)C3=O)c2)cc1. The Labute approximate surface area is 186 Å². The van der Waals surface area contributed by atoms with Crippen LogP contribution < -0.4 is 4.74 Å². The van der Waals surface area contributed by atoms with Crippen LogP contribution in [0.2, 0.25) is 0 Å². The lowest BCUT2D eigenvalue weighted by molar-refractivity contribution is -0.123. The fraction of sp³-hybridized carbons (Fsp3) is 0.154. The summed E-state index contributed by atoms with van der Waals surface area (Å²) in [5.41, 5.74) is 5.19. The highest BCUT2D eigenvalue weighted by molar-refractivity contribution is 8.18. The first-order valence-electron chi connectivity index (χ1n) is 10.1. The third-order valence-corrected chi connectivity index (χ3v) is 5.92. The number of hydrogen-bond donors (Lipinski definition) is 0. The van der Waals surface area contributed by atoms with E-state index in [1.165, 1.54) is 10.5 Å². The average molecular weight is 430 g/mol. The van der Waals surface area contributed by atoms with Gasteiger partial charge < -0.3 is 4.74 Å². The number of carbonyl (C=O) groups excluding carboxylic acids is 2. The van der Waals surface area contributed by atoms with Crippen LogP contribution in [0.25, 0.3) is 6.08 Å². The monoisotopic (exact) mass is 429 g/mol. The fourth-order valence-electron chi connectivity index (χ4n) is 3.21. The number of nitrogens with zero attached hydrogens (tertiary/aromatic N) is 1. The van der Waals surface area contributed by atoms with E-state index in [9.17, 15) is 9.59 Å². The summed E-state index contributed by atoms with van der Waals surface area (Å²) in [7, 11) is 0. The molecule has 0 radical (unpaired) electrons. The van der Waals surface area contributed by atoms with Gasteiger partial charge in [0.15, 0.2) is 0 Å². The summed E-state index contributed by atoms with van der Waals surface area (Å²) >= 11 is 0.974. The molecule has 4 rings (SSSR count). The van der Waals surface area contributed by atoms with E-state index in [2.05, 4.69) is 19.1 Å². The van der Waals surface area contributed by atoms with Crippen LogP contribution in [0.5, 0.6) is 5.75 Å². The summed E-state index contributed by atoms with van der Waals surface area (Å²) in [4.78, 5) is 26.9. The molecule has 0 bridgehead atoms. The molecule has 0 aliphatic carbocycles. The highest BCUT2D eigenvalue weighted by Crippen LogP contribution is 2.33. The van der Waals surface area contributed by atoms with Crippen molar-refractivity contribution >= 4 is 29.0 Å². The molecule has 2 amide bonds. The molecule has 3 aromatic carbocycles. The van der Waals surface area contributed by atoms with Gasteiger partial charge >= 0.3 is 0 Å². The van der Waals surface area contributed by atoms with E-state index in [0.29, 0.717) is 17.3 Å². The molecule has 31 heavy (non-hydrogen) atoms. The van der Waals surface area contributed by atoms with Crippen LogP contribution in [0.1, 0.15) is 27.8 Å². The zero-order valence-electron chi connectivity index (χ0n) is 17.5. The zero-order valence-corrected chi connectivity index (χ0v) is 18.3. The molecule has 0 atom stereocenters. The molecule has 1 aliphatic heterocycles. The van der Waals surface area contributed by atoms with Gasteiger partial charge in [-0.15, -0.1) is 0 Å². The largest absolute Gasteiger partial charge is 0.489 e. The maximum atomic E-state index is 12.8. The van der Waals surface area contributed by atoms with E-state index in [1.807, 2.05) is 67.6 Å². The van der Waals surface area contributed by atoms with Crippen molar-refractivity contribution in [3.05, 3.63) is 106 Å². The number of amides is 2. The highest BCUT2D eigenvalue weighted by atomic mass is 32.2. The van der Waals surface area contributed by atoms with Crippen molar-refractivity contribution < 1.29 is 14.3 Å². The molecule has 1 saturated heterocycles. The number of aryl methyl sites for hydroxylation is 2. The average Bonchev–Trinajstić information content (AvgIpc) is 3.02. The third kappa shape index (κ3) is 5.25. The van der Waals surface area contributed by atoms with Crippen molar-refractivity contribution in [2.45, 2.75) is 27.0 Å². The molecule has 3 aromatic rings. The van der Waals surface area contributed by atoms with Crippen LogP contribution >= 0.6 is 11.8 Å². The van der Waals surface area contributed by atoms with Gasteiger partial charge in [-0.1, -0.05) is 71.8 Å². The van der Waals surface area contributed by atoms with Crippen molar-refractivity contribution in [1.29, 1.82) is 0 Å². The molecule has 0 aromatic heterocycles. The van der Waals surface area contributed by atoms with E-state index in [1.54, 1.807) is 6.08 Å². The first-order chi connectivity index (χ1) is 15.0.